The predicted octanol–water partition coefficient (Wildman–Crippen LogP) is 2.39. The van der Waals surface area contributed by atoms with Crippen LogP contribution < -0.4 is 10.6 Å². The number of nitrogens with one attached hydrogen (secondary N) is 2. The summed E-state index contributed by atoms with van der Waals surface area (Å²) in [5, 5.41) is 5.51. The molecule has 1 atom stereocenters. The van der Waals surface area contributed by atoms with Gasteiger partial charge in [-0.05, 0) is 45.4 Å². The monoisotopic (exact) mass is 319 g/mol. The van der Waals surface area contributed by atoms with Crippen LogP contribution in [-0.2, 0) is 4.74 Å². The first-order valence-electron chi connectivity index (χ1n) is 7.79. The molecule has 6 heteroatoms. The number of morpholine rings is 1. The maximum atomic E-state index is 12.6. The molecular weight excluding hydrogens is 294 g/mol. The number of carbonyl (C=O) groups excluding carboxylic acids is 2. The molecule has 1 heterocycles. The fraction of sp³-hybridized carbons (Fsp3) is 0.529. The molecule has 1 aromatic carbocycles. The molecule has 0 aromatic heterocycles. The van der Waals surface area contributed by atoms with Crippen LogP contribution in [0.15, 0.2) is 18.2 Å². The van der Waals surface area contributed by atoms with E-state index >= 15 is 0 Å². The number of hydrogen-bond acceptors (Lipinski definition) is 3. The Bertz CT molecular complexity index is 613. The van der Waals surface area contributed by atoms with Crippen LogP contribution in [0.5, 0.6) is 0 Å². The van der Waals surface area contributed by atoms with Gasteiger partial charge < -0.3 is 20.3 Å². The zero-order valence-electron chi connectivity index (χ0n) is 14.4. The largest absolute Gasteiger partial charge is 0.369 e. The summed E-state index contributed by atoms with van der Waals surface area (Å²) in [5.41, 5.74) is 1.59. The maximum Gasteiger partial charge on any atom is 0.322 e. The lowest BCUT2D eigenvalue weighted by Crippen LogP contribution is -2.54. The van der Waals surface area contributed by atoms with Crippen molar-refractivity contribution in [1.29, 1.82) is 0 Å². The molecule has 0 aliphatic carbocycles. The van der Waals surface area contributed by atoms with E-state index in [4.69, 9.17) is 4.74 Å². The summed E-state index contributed by atoms with van der Waals surface area (Å²) >= 11 is 0. The van der Waals surface area contributed by atoms with E-state index in [1.54, 1.807) is 30.1 Å². The van der Waals surface area contributed by atoms with E-state index in [1.165, 1.54) is 0 Å². The standard InChI is InChI=1S/C17H25N3O3/c1-11-9-20(10-17(3,4)23-11)16(22)19-14-8-6-7-13(12(14)2)15(21)18-5/h6-8,11H,9-10H2,1-5H3,(H,18,21)(H,19,22). The number of benzene rings is 1. The third kappa shape index (κ3) is 4.01. The second-order valence-electron chi connectivity index (χ2n) is 6.56. The van der Waals surface area contributed by atoms with E-state index in [2.05, 4.69) is 10.6 Å². The summed E-state index contributed by atoms with van der Waals surface area (Å²) in [6.45, 7) is 8.80. The summed E-state index contributed by atoms with van der Waals surface area (Å²) in [7, 11) is 1.59. The minimum absolute atomic E-state index is 0.0113. The first-order valence-corrected chi connectivity index (χ1v) is 7.79. The minimum Gasteiger partial charge on any atom is -0.369 e. The number of hydrogen-bond donors (Lipinski definition) is 2. The molecule has 1 saturated heterocycles. The molecule has 1 fully saturated rings. The van der Waals surface area contributed by atoms with Gasteiger partial charge in [0.2, 0.25) is 0 Å². The van der Waals surface area contributed by atoms with Gasteiger partial charge in [0.25, 0.3) is 5.91 Å². The van der Waals surface area contributed by atoms with E-state index in [0.29, 0.717) is 24.3 Å². The molecule has 1 aromatic rings. The third-order valence-corrected chi connectivity index (χ3v) is 3.90. The van der Waals surface area contributed by atoms with E-state index in [9.17, 15) is 9.59 Å². The maximum absolute atomic E-state index is 12.6. The molecule has 0 radical (unpaired) electrons. The number of carbonyl (C=O) groups is 2. The number of anilines is 1. The second kappa shape index (κ2) is 6.58. The lowest BCUT2D eigenvalue weighted by atomic mass is 10.1. The molecule has 0 spiro atoms. The lowest BCUT2D eigenvalue weighted by Gasteiger charge is -2.41. The Hall–Kier alpha value is -2.08. The van der Waals surface area contributed by atoms with Crippen molar-refractivity contribution in [1.82, 2.24) is 10.2 Å². The number of nitrogens with zero attached hydrogens (tertiary/aromatic N) is 1. The van der Waals surface area contributed by atoms with Gasteiger partial charge in [-0.3, -0.25) is 4.79 Å². The Morgan fingerprint density at radius 1 is 1.35 bits per heavy atom. The summed E-state index contributed by atoms with van der Waals surface area (Å²) in [6, 6.07) is 5.13. The number of amides is 3. The van der Waals surface area contributed by atoms with E-state index in [1.807, 2.05) is 27.7 Å². The topological polar surface area (TPSA) is 70.7 Å². The van der Waals surface area contributed by atoms with Crippen LogP contribution in [0.1, 0.15) is 36.7 Å². The van der Waals surface area contributed by atoms with Crippen LogP contribution in [0, 0.1) is 6.92 Å². The Labute approximate surface area is 137 Å². The molecule has 1 aliphatic heterocycles. The molecule has 1 aliphatic rings. The summed E-state index contributed by atoms with van der Waals surface area (Å²) in [6.07, 6.45) is -0.0113. The van der Waals surface area contributed by atoms with Crippen molar-refractivity contribution in [3.8, 4) is 0 Å². The summed E-state index contributed by atoms with van der Waals surface area (Å²) in [4.78, 5) is 26.2. The molecule has 23 heavy (non-hydrogen) atoms. The van der Waals surface area contributed by atoms with Gasteiger partial charge >= 0.3 is 6.03 Å². The quantitative estimate of drug-likeness (QED) is 0.879. The van der Waals surface area contributed by atoms with Gasteiger partial charge in [-0.1, -0.05) is 6.07 Å². The Balaban J connectivity index is 2.16. The van der Waals surface area contributed by atoms with Gasteiger partial charge in [-0.15, -0.1) is 0 Å². The highest BCUT2D eigenvalue weighted by Gasteiger charge is 2.33. The lowest BCUT2D eigenvalue weighted by molar-refractivity contribution is -0.116. The summed E-state index contributed by atoms with van der Waals surface area (Å²) < 4.78 is 5.82. The van der Waals surface area contributed by atoms with E-state index in [0.717, 1.165) is 5.56 Å². The zero-order valence-corrected chi connectivity index (χ0v) is 14.4. The number of rotatable bonds is 2. The van der Waals surface area contributed by atoms with Gasteiger partial charge in [0.1, 0.15) is 0 Å². The molecule has 2 rings (SSSR count). The van der Waals surface area contributed by atoms with Crippen molar-refractivity contribution in [3.63, 3.8) is 0 Å². The predicted molar refractivity (Wildman–Crippen MR) is 89.8 cm³/mol. The second-order valence-corrected chi connectivity index (χ2v) is 6.56. The van der Waals surface area contributed by atoms with Gasteiger partial charge in [0.05, 0.1) is 18.2 Å². The molecule has 1 unspecified atom stereocenters. The van der Waals surface area contributed by atoms with Crippen LogP contribution in [0.4, 0.5) is 10.5 Å². The van der Waals surface area contributed by atoms with Gasteiger partial charge in [-0.2, -0.15) is 0 Å². The highest BCUT2D eigenvalue weighted by molar-refractivity contribution is 5.98. The summed E-state index contributed by atoms with van der Waals surface area (Å²) in [5.74, 6) is -0.167. The molecular formula is C17H25N3O3. The fourth-order valence-corrected chi connectivity index (χ4v) is 2.95. The third-order valence-electron chi connectivity index (χ3n) is 3.90. The number of urea groups is 1. The molecule has 0 saturated carbocycles. The van der Waals surface area contributed by atoms with Crippen molar-refractivity contribution < 1.29 is 14.3 Å². The van der Waals surface area contributed by atoms with Gasteiger partial charge in [0, 0.05) is 24.8 Å². The molecule has 3 amide bonds. The van der Waals surface area contributed by atoms with Crippen LogP contribution in [0.3, 0.4) is 0 Å². The number of ether oxygens (including phenoxy) is 1. The Morgan fingerprint density at radius 2 is 2.04 bits per heavy atom. The van der Waals surface area contributed by atoms with Crippen LogP contribution in [-0.4, -0.2) is 48.7 Å². The molecule has 2 N–H and O–H groups in total. The van der Waals surface area contributed by atoms with Crippen LogP contribution in [0.25, 0.3) is 0 Å². The molecule has 0 bridgehead atoms. The van der Waals surface area contributed by atoms with Gasteiger partial charge in [-0.25, -0.2) is 4.79 Å². The Kier molecular flexibility index (Phi) is 4.94. The minimum atomic E-state index is -0.367. The normalized spacial score (nSPS) is 20.0. The average Bonchev–Trinajstić information content (AvgIpc) is 2.46. The van der Waals surface area contributed by atoms with Crippen molar-refractivity contribution >= 4 is 17.6 Å². The van der Waals surface area contributed by atoms with Crippen molar-refractivity contribution in [2.24, 2.45) is 0 Å². The average molecular weight is 319 g/mol. The highest BCUT2D eigenvalue weighted by Crippen LogP contribution is 2.23. The smallest absolute Gasteiger partial charge is 0.322 e. The van der Waals surface area contributed by atoms with Crippen LogP contribution in [0.2, 0.25) is 0 Å². The first kappa shape index (κ1) is 17.3. The van der Waals surface area contributed by atoms with E-state index in [-0.39, 0.29) is 23.6 Å². The first-order chi connectivity index (χ1) is 10.7. The van der Waals surface area contributed by atoms with E-state index < -0.39 is 0 Å². The van der Waals surface area contributed by atoms with Gasteiger partial charge in [0.15, 0.2) is 0 Å². The van der Waals surface area contributed by atoms with Crippen molar-refractivity contribution in [2.75, 3.05) is 25.5 Å². The van der Waals surface area contributed by atoms with Crippen molar-refractivity contribution in [3.05, 3.63) is 29.3 Å². The van der Waals surface area contributed by atoms with Crippen molar-refractivity contribution in [2.45, 2.75) is 39.4 Å². The molecule has 6 nitrogen and oxygen atoms in total. The fourth-order valence-electron chi connectivity index (χ4n) is 2.95. The SMILES string of the molecule is CNC(=O)c1cccc(NC(=O)N2CC(C)OC(C)(C)C2)c1C. The van der Waals surface area contributed by atoms with Crippen LogP contribution >= 0.6 is 0 Å². The zero-order chi connectivity index (χ0) is 17.2. The highest BCUT2D eigenvalue weighted by atomic mass is 16.5. The Morgan fingerprint density at radius 3 is 2.65 bits per heavy atom. The molecule has 126 valence electrons.